The molecule has 1 aliphatic carbocycles. The summed E-state index contributed by atoms with van der Waals surface area (Å²) in [5.41, 5.74) is 1.47. The van der Waals surface area contributed by atoms with Crippen molar-refractivity contribution in [2.24, 2.45) is 5.41 Å². The number of carbonyl (C=O) groups is 2. The van der Waals surface area contributed by atoms with Crippen LogP contribution in [-0.2, 0) is 16.0 Å². The number of carbonyl (C=O) groups excluding carboxylic acids is 2. The fourth-order valence-corrected chi connectivity index (χ4v) is 3.72. The molecule has 184 valence electrons. The van der Waals surface area contributed by atoms with Crippen LogP contribution >= 0.6 is 0 Å². The van der Waals surface area contributed by atoms with Crippen molar-refractivity contribution in [3.8, 4) is 28.4 Å². The average Bonchev–Trinajstić information content (AvgIpc) is 3.12. The lowest BCUT2D eigenvalue weighted by atomic mass is 9.94. The van der Waals surface area contributed by atoms with E-state index in [0.717, 1.165) is 5.56 Å². The fraction of sp³-hybridized carbons (Fsp3) is 0.440. The molecule has 0 saturated carbocycles. The minimum Gasteiger partial charge on any atom is -0.493 e. The Hall–Kier alpha value is -3.14. The van der Waals surface area contributed by atoms with Gasteiger partial charge in [-0.05, 0) is 57.4 Å². The third kappa shape index (κ3) is 5.49. The number of benzene rings is 2. The van der Waals surface area contributed by atoms with E-state index in [0.29, 0.717) is 29.5 Å². The predicted octanol–water partition coefficient (Wildman–Crippen LogP) is 2.81. The number of esters is 1. The summed E-state index contributed by atoms with van der Waals surface area (Å²) in [6.45, 7) is 6.60. The Kier molecular flexibility index (Phi) is 7.21. The largest absolute Gasteiger partial charge is 0.493 e. The van der Waals surface area contributed by atoms with Gasteiger partial charge in [0.25, 0.3) is 0 Å². The zero-order chi connectivity index (χ0) is 25.3. The number of aliphatic hydroxyl groups is 3. The van der Waals surface area contributed by atoms with Crippen LogP contribution in [0, 0.1) is 5.41 Å². The van der Waals surface area contributed by atoms with E-state index in [9.17, 15) is 24.9 Å². The van der Waals surface area contributed by atoms with Gasteiger partial charge in [-0.2, -0.15) is 0 Å². The minimum atomic E-state index is -3.52. The Balaban J connectivity index is 2.13. The number of fused-ring (bicyclic) bond motifs is 1. The monoisotopic (exact) mass is 474 g/mol. The molecule has 2 aromatic rings. The van der Waals surface area contributed by atoms with Crippen molar-refractivity contribution in [1.29, 1.82) is 0 Å². The van der Waals surface area contributed by atoms with Gasteiger partial charge in [-0.15, -0.1) is 0 Å². The van der Waals surface area contributed by atoms with Gasteiger partial charge in [0.15, 0.2) is 17.3 Å². The lowest BCUT2D eigenvalue weighted by Crippen LogP contribution is -2.36. The summed E-state index contributed by atoms with van der Waals surface area (Å²) in [6, 6.07) is 8.48. The van der Waals surface area contributed by atoms with Crippen LogP contribution in [0.1, 0.15) is 50.0 Å². The number of hydrogen-bond acceptors (Lipinski definition) is 9. The molecule has 0 aliphatic heterocycles. The van der Waals surface area contributed by atoms with Crippen LogP contribution < -0.4 is 14.2 Å². The SMILES string of the molecule is COc1ccc(-c2cccc3c2CCC3=O)c(OCC(C)(C)C(=O)OC(C)C)c1OC(O)(O)O. The molecule has 0 heterocycles. The molecule has 0 amide bonds. The van der Waals surface area contributed by atoms with Crippen LogP contribution in [0.5, 0.6) is 17.2 Å². The first-order valence-corrected chi connectivity index (χ1v) is 10.9. The number of rotatable bonds is 9. The summed E-state index contributed by atoms with van der Waals surface area (Å²) in [5, 5.41) is 28.6. The molecule has 0 spiro atoms. The third-order valence-corrected chi connectivity index (χ3v) is 5.38. The molecule has 0 bridgehead atoms. The van der Waals surface area contributed by atoms with Gasteiger partial charge >= 0.3 is 12.1 Å². The molecule has 9 heteroatoms. The molecule has 0 unspecified atom stereocenters. The topological polar surface area (TPSA) is 132 Å². The Morgan fingerprint density at radius 2 is 1.68 bits per heavy atom. The summed E-state index contributed by atoms with van der Waals surface area (Å²) in [7, 11) is 1.34. The van der Waals surface area contributed by atoms with Crippen LogP contribution in [0.3, 0.4) is 0 Å². The smallest absolute Gasteiger partial charge is 0.453 e. The highest BCUT2D eigenvalue weighted by atomic mass is 16.9. The van der Waals surface area contributed by atoms with Gasteiger partial charge in [-0.3, -0.25) is 9.59 Å². The minimum absolute atomic E-state index is 0.000883. The van der Waals surface area contributed by atoms with Crippen LogP contribution in [0.25, 0.3) is 11.1 Å². The third-order valence-electron chi connectivity index (χ3n) is 5.38. The lowest BCUT2D eigenvalue weighted by Gasteiger charge is -2.27. The van der Waals surface area contributed by atoms with Crippen LogP contribution in [-0.4, -0.2) is 53.1 Å². The number of hydrogen-bond donors (Lipinski definition) is 3. The maximum absolute atomic E-state index is 12.6. The van der Waals surface area contributed by atoms with Crippen molar-refractivity contribution in [3.63, 3.8) is 0 Å². The maximum atomic E-state index is 12.6. The number of Topliss-reactive ketones (excluding diaryl/α,β-unsaturated/α-hetero) is 1. The molecule has 34 heavy (non-hydrogen) atoms. The summed E-state index contributed by atoms with van der Waals surface area (Å²) in [4.78, 5) is 24.8. The molecule has 3 rings (SSSR count). The average molecular weight is 475 g/mol. The molecule has 0 fully saturated rings. The number of ether oxygens (including phenoxy) is 4. The van der Waals surface area contributed by atoms with Gasteiger partial charge in [0.2, 0.25) is 5.75 Å². The van der Waals surface area contributed by atoms with E-state index in [4.69, 9.17) is 18.9 Å². The first-order valence-electron chi connectivity index (χ1n) is 10.9. The molecule has 0 saturated heterocycles. The lowest BCUT2D eigenvalue weighted by molar-refractivity contribution is -0.420. The molecule has 2 aromatic carbocycles. The van der Waals surface area contributed by atoms with Gasteiger partial charge in [0.05, 0.1) is 18.6 Å². The highest BCUT2D eigenvalue weighted by molar-refractivity contribution is 6.02. The van der Waals surface area contributed by atoms with Gasteiger partial charge in [-0.1, -0.05) is 18.2 Å². The zero-order valence-electron chi connectivity index (χ0n) is 19.9. The Bertz CT molecular complexity index is 1080. The van der Waals surface area contributed by atoms with Crippen molar-refractivity contribution in [3.05, 3.63) is 41.5 Å². The fourth-order valence-electron chi connectivity index (χ4n) is 3.72. The van der Waals surface area contributed by atoms with Gasteiger partial charge in [-0.25, -0.2) is 0 Å². The van der Waals surface area contributed by atoms with E-state index in [-0.39, 0.29) is 35.7 Å². The van der Waals surface area contributed by atoms with E-state index in [1.54, 1.807) is 52.0 Å². The molecular formula is C25H30O9. The Morgan fingerprint density at radius 3 is 2.29 bits per heavy atom. The number of ketones is 1. The Morgan fingerprint density at radius 1 is 1.00 bits per heavy atom. The van der Waals surface area contributed by atoms with E-state index >= 15 is 0 Å². The second kappa shape index (κ2) is 9.61. The van der Waals surface area contributed by atoms with Gasteiger partial charge < -0.3 is 34.3 Å². The highest BCUT2D eigenvalue weighted by Crippen LogP contribution is 2.48. The molecule has 0 radical (unpaired) electrons. The van der Waals surface area contributed by atoms with E-state index in [2.05, 4.69) is 0 Å². The first-order chi connectivity index (χ1) is 15.8. The van der Waals surface area contributed by atoms with Crippen LogP contribution in [0.4, 0.5) is 0 Å². The van der Waals surface area contributed by atoms with Crippen LogP contribution in [0.15, 0.2) is 30.3 Å². The maximum Gasteiger partial charge on any atom is 0.453 e. The molecule has 0 atom stereocenters. The van der Waals surface area contributed by atoms with Crippen molar-refractivity contribution >= 4 is 11.8 Å². The van der Waals surface area contributed by atoms with Crippen molar-refractivity contribution in [2.45, 2.75) is 52.8 Å². The van der Waals surface area contributed by atoms with Crippen molar-refractivity contribution < 1.29 is 43.9 Å². The van der Waals surface area contributed by atoms with E-state index < -0.39 is 17.5 Å². The molecule has 3 N–H and O–H groups in total. The Labute approximate surface area is 197 Å². The zero-order valence-corrected chi connectivity index (χ0v) is 19.9. The second-order valence-corrected chi connectivity index (χ2v) is 9.03. The quantitative estimate of drug-likeness (QED) is 0.371. The molecule has 9 nitrogen and oxygen atoms in total. The molecular weight excluding hydrogens is 444 g/mol. The summed E-state index contributed by atoms with van der Waals surface area (Å²) < 4.78 is 21.6. The van der Waals surface area contributed by atoms with Gasteiger partial charge in [0, 0.05) is 17.5 Å². The first kappa shape index (κ1) is 25.5. The van der Waals surface area contributed by atoms with Crippen molar-refractivity contribution in [1.82, 2.24) is 0 Å². The van der Waals surface area contributed by atoms with Crippen LogP contribution in [0.2, 0.25) is 0 Å². The normalized spacial score (nSPS) is 13.6. The van der Waals surface area contributed by atoms with Gasteiger partial charge in [0.1, 0.15) is 6.61 Å². The standard InChI is InChI=1S/C25H30O9/c1-14(2)33-23(27)24(3,4)13-32-21-18(10-12-20(31-5)22(21)34-25(28,29)30)15-7-6-8-17-16(15)9-11-19(17)26/h6-8,10,12,14,28-30H,9,11,13H2,1-5H3. The second-order valence-electron chi connectivity index (χ2n) is 9.03. The summed E-state index contributed by atoms with van der Waals surface area (Å²) in [6.07, 6.45) is -2.93. The number of methoxy groups -OCH3 is 1. The summed E-state index contributed by atoms with van der Waals surface area (Å²) in [5.74, 6) is -0.698. The highest BCUT2D eigenvalue weighted by Gasteiger charge is 2.35. The summed E-state index contributed by atoms with van der Waals surface area (Å²) >= 11 is 0. The molecule has 0 aromatic heterocycles. The van der Waals surface area contributed by atoms with Crippen molar-refractivity contribution in [2.75, 3.05) is 13.7 Å². The van der Waals surface area contributed by atoms with E-state index in [1.807, 2.05) is 0 Å². The van der Waals surface area contributed by atoms with E-state index in [1.165, 1.54) is 13.2 Å². The molecule has 1 aliphatic rings. The predicted molar refractivity (Wildman–Crippen MR) is 122 cm³/mol.